The van der Waals surface area contributed by atoms with Crippen LogP contribution in [-0.2, 0) is 16.0 Å². The first-order valence-corrected chi connectivity index (χ1v) is 7.74. The van der Waals surface area contributed by atoms with E-state index in [1.165, 1.54) is 16.5 Å². The second kappa shape index (κ2) is 6.22. The number of aromatic amines is 1. The zero-order valence-corrected chi connectivity index (χ0v) is 12.7. The van der Waals surface area contributed by atoms with E-state index in [1.54, 1.807) is 0 Å². The fraction of sp³-hybridized carbons (Fsp3) is 0.412. The number of carbonyl (C=O) groups is 2. The van der Waals surface area contributed by atoms with Gasteiger partial charge in [-0.3, -0.25) is 9.59 Å². The second-order valence-electron chi connectivity index (χ2n) is 5.94. The molecule has 5 heteroatoms. The molecule has 1 aromatic heterocycles. The average molecular weight is 299 g/mol. The topological polar surface area (TPSA) is 74.0 Å². The Morgan fingerprint density at radius 2 is 2.27 bits per heavy atom. The van der Waals surface area contributed by atoms with Crippen LogP contribution in [0.4, 0.5) is 0 Å². The molecule has 2 heterocycles. The summed E-state index contributed by atoms with van der Waals surface area (Å²) < 4.78 is 0. The summed E-state index contributed by atoms with van der Waals surface area (Å²) in [5.74, 6) is -0.0165. The van der Waals surface area contributed by atoms with Crippen LogP contribution in [0.25, 0.3) is 10.9 Å². The highest BCUT2D eigenvalue weighted by Gasteiger charge is 2.23. The summed E-state index contributed by atoms with van der Waals surface area (Å²) in [7, 11) is 0. The number of hydrogen-bond donors (Lipinski definition) is 3. The minimum atomic E-state index is -0.0941. The van der Waals surface area contributed by atoms with Crippen molar-refractivity contribution in [1.29, 1.82) is 0 Å². The highest BCUT2D eigenvalue weighted by Crippen LogP contribution is 2.19. The zero-order chi connectivity index (χ0) is 15.5. The monoisotopic (exact) mass is 299 g/mol. The van der Waals surface area contributed by atoms with Gasteiger partial charge in [0, 0.05) is 36.6 Å². The fourth-order valence-corrected chi connectivity index (χ4v) is 2.93. The number of amides is 2. The molecule has 0 aliphatic carbocycles. The van der Waals surface area contributed by atoms with Crippen LogP contribution < -0.4 is 10.6 Å². The molecule has 2 aromatic rings. The third kappa shape index (κ3) is 3.13. The number of nitrogens with one attached hydrogen (secondary N) is 3. The maximum Gasteiger partial charge on any atom is 0.224 e. The molecular formula is C17H21N3O2. The van der Waals surface area contributed by atoms with E-state index in [9.17, 15) is 9.59 Å². The van der Waals surface area contributed by atoms with E-state index in [0.29, 0.717) is 25.9 Å². The van der Waals surface area contributed by atoms with E-state index < -0.39 is 0 Å². The summed E-state index contributed by atoms with van der Waals surface area (Å²) in [4.78, 5) is 26.4. The maximum absolute atomic E-state index is 12.1. The van der Waals surface area contributed by atoms with E-state index in [2.05, 4.69) is 40.7 Å². The molecule has 0 saturated carbocycles. The predicted molar refractivity (Wildman–Crippen MR) is 85.5 cm³/mol. The third-order valence-corrected chi connectivity index (χ3v) is 4.25. The lowest BCUT2D eigenvalue weighted by molar-refractivity contribution is -0.128. The molecule has 5 nitrogen and oxygen atoms in total. The number of piperidine rings is 1. The number of rotatable bonds is 4. The summed E-state index contributed by atoms with van der Waals surface area (Å²) in [5, 5.41) is 6.93. The van der Waals surface area contributed by atoms with Crippen LogP contribution >= 0.6 is 0 Å². The summed E-state index contributed by atoms with van der Waals surface area (Å²) in [5.41, 5.74) is 3.58. The smallest absolute Gasteiger partial charge is 0.224 e. The molecule has 0 spiro atoms. The Balaban J connectivity index is 1.54. The summed E-state index contributed by atoms with van der Waals surface area (Å²) in [6.07, 6.45) is 3.90. The van der Waals surface area contributed by atoms with Crippen LogP contribution in [0.3, 0.4) is 0 Å². The van der Waals surface area contributed by atoms with Gasteiger partial charge in [0.25, 0.3) is 0 Å². The van der Waals surface area contributed by atoms with Crippen LogP contribution in [-0.4, -0.2) is 29.9 Å². The fourth-order valence-electron chi connectivity index (χ4n) is 2.93. The predicted octanol–water partition coefficient (Wildman–Crippen LogP) is 1.66. The molecule has 1 aliphatic heterocycles. The van der Waals surface area contributed by atoms with Crippen LogP contribution in [0, 0.1) is 12.8 Å². The Labute approximate surface area is 129 Å². The standard InChI is InChI=1S/C17H21N3O2/c1-11-2-4-14-12(9-19-15(14)8-11)6-7-18-17(22)13-3-5-16(21)20-10-13/h2,4,8-9,13,19H,3,5-7,10H2,1H3,(H,18,22)(H,20,21). The third-order valence-electron chi connectivity index (χ3n) is 4.25. The van der Waals surface area contributed by atoms with Gasteiger partial charge < -0.3 is 15.6 Å². The van der Waals surface area contributed by atoms with Crippen molar-refractivity contribution in [1.82, 2.24) is 15.6 Å². The van der Waals surface area contributed by atoms with E-state index >= 15 is 0 Å². The minimum Gasteiger partial charge on any atom is -0.361 e. The van der Waals surface area contributed by atoms with Gasteiger partial charge in [0.2, 0.25) is 11.8 Å². The Hall–Kier alpha value is -2.30. The van der Waals surface area contributed by atoms with Crippen LogP contribution in [0.5, 0.6) is 0 Å². The van der Waals surface area contributed by atoms with Crippen molar-refractivity contribution in [3.63, 3.8) is 0 Å². The number of aryl methyl sites for hydroxylation is 1. The van der Waals surface area contributed by atoms with Crippen molar-refractivity contribution in [3.8, 4) is 0 Å². The van der Waals surface area contributed by atoms with Gasteiger partial charge in [-0.15, -0.1) is 0 Å². The van der Waals surface area contributed by atoms with Gasteiger partial charge in [0.1, 0.15) is 0 Å². The molecule has 116 valence electrons. The molecule has 1 fully saturated rings. The van der Waals surface area contributed by atoms with Gasteiger partial charge in [-0.25, -0.2) is 0 Å². The SMILES string of the molecule is Cc1ccc2c(CCNC(=O)C3CCC(=O)NC3)c[nH]c2c1. The first kappa shape index (κ1) is 14.6. The van der Waals surface area contributed by atoms with E-state index in [0.717, 1.165) is 11.9 Å². The molecule has 1 atom stereocenters. The van der Waals surface area contributed by atoms with Gasteiger partial charge in [-0.05, 0) is 37.0 Å². The van der Waals surface area contributed by atoms with E-state index in [-0.39, 0.29) is 17.7 Å². The zero-order valence-electron chi connectivity index (χ0n) is 12.7. The van der Waals surface area contributed by atoms with Gasteiger partial charge in [-0.2, -0.15) is 0 Å². The lowest BCUT2D eigenvalue weighted by Gasteiger charge is -2.21. The van der Waals surface area contributed by atoms with Crippen LogP contribution in [0.1, 0.15) is 24.0 Å². The van der Waals surface area contributed by atoms with Crippen molar-refractivity contribution >= 4 is 22.7 Å². The maximum atomic E-state index is 12.1. The first-order chi connectivity index (χ1) is 10.6. The van der Waals surface area contributed by atoms with Gasteiger partial charge >= 0.3 is 0 Å². The molecule has 1 aliphatic rings. The van der Waals surface area contributed by atoms with Crippen molar-refractivity contribution < 1.29 is 9.59 Å². The lowest BCUT2D eigenvalue weighted by atomic mass is 9.98. The number of carbonyl (C=O) groups excluding carboxylic acids is 2. The van der Waals surface area contributed by atoms with Crippen LogP contribution in [0.15, 0.2) is 24.4 Å². The molecule has 1 saturated heterocycles. The van der Waals surface area contributed by atoms with Crippen molar-refractivity contribution in [2.45, 2.75) is 26.2 Å². The van der Waals surface area contributed by atoms with E-state index in [4.69, 9.17) is 0 Å². The molecule has 0 radical (unpaired) electrons. The van der Waals surface area contributed by atoms with E-state index in [1.807, 2.05) is 6.20 Å². The van der Waals surface area contributed by atoms with Crippen LogP contribution in [0.2, 0.25) is 0 Å². The molecule has 2 amide bonds. The highest BCUT2D eigenvalue weighted by atomic mass is 16.2. The molecular weight excluding hydrogens is 278 g/mol. The van der Waals surface area contributed by atoms with Gasteiger partial charge in [0.05, 0.1) is 5.92 Å². The Morgan fingerprint density at radius 1 is 1.41 bits per heavy atom. The summed E-state index contributed by atoms with van der Waals surface area (Å²) in [6, 6.07) is 6.35. The number of benzene rings is 1. The minimum absolute atomic E-state index is 0.0377. The van der Waals surface area contributed by atoms with Crippen molar-refractivity contribution in [2.75, 3.05) is 13.1 Å². The normalized spacial score (nSPS) is 18.2. The van der Waals surface area contributed by atoms with Gasteiger partial charge in [0.15, 0.2) is 0 Å². The molecule has 1 unspecified atom stereocenters. The second-order valence-corrected chi connectivity index (χ2v) is 5.94. The quantitative estimate of drug-likeness (QED) is 0.803. The van der Waals surface area contributed by atoms with Crippen molar-refractivity contribution in [3.05, 3.63) is 35.5 Å². The van der Waals surface area contributed by atoms with Crippen molar-refractivity contribution in [2.24, 2.45) is 5.92 Å². The number of fused-ring (bicyclic) bond motifs is 1. The Morgan fingerprint density at radius 3 is 3.05 bits per heavy atom. The molecule has 3 rings (SSSR count). The largest absolute Gasteiger partial charge is 0.361 e. The Bertz CT molecular complexity index is 695. The van der Waals surface area contributed by atoms with Gasteiger partial charge in [-0.1, -0.05) is 12.1 Å². The lowest BCUT2D eigenvalue weighted by Crippen LogP contribution is -2.43. The Kier molecular flexibility index (Phi) is 4.13. The molecule has 22 heavy (non-hydrogen) atoms. The summed E-state index contributed by atoms with van der Waals surface area (Å²) >= 11 is 0. The number of hydrogen-bond acceptors (Lipinski definition) is 2. The first-order valence-electron chi connectivity index (χ1n) is 7.74. The average Bonchev–Trinajstić information content (AvgIpc) is 2.90. The molecule has 0 bridgehead atoms. The molecule has 3 N–H and O–H groups in total. The number of aromatic nitrogens is 1. The molecule has 1 aromatic carbocycles. The number of H-pyrrole nitrogens is 1. The highest BCUT2D eigenvalue weighted by molar-refractivity contribution is 5.85. The summed E-state index contributed by atoms with van der Waals surface area (Å²) in [6.45, 7) is 3.14.